The molecule has 0 amide bonds. The molecule has 2 aromatic carbocycles. The molecule has 5 heteroatoms. The first-order valence-electron chi connectivity index (χ1n) is 12.1. The molecule has 1 aromatic heterocycles. The molecule has 1 saturated heterocycles. The molecule has 2 atom stereocenters. The van der Waals surface area contributed by atoms with Gasteiger partial charge in [0.15, 0.2) is 5.82 Å². The van der Waals surface area contributed by atoms with E-state index < -0.39 is 0 Å². The van der Waals surface area contributed by atoms with Gasteiger partial charge in [-0.3, -0.25) is 4.90 Å². The lowest BCUT2D eigenvalue weighted by Crippen LogP contribution is -2.30. The Labute approximate surface area is 192 Å². The van der Waals surface area contributed by atoms with Crippen LogP contribution < -0.4 is 0 Å². The van der Waals surface area contributed by atoms with Gasteiger partial charge in [-0.05, 0) is 42.0 Å². The number of hydrogen-bond acceptors (Lipinski definition) is 4. The minimum absolute atomic E-state index is 0.0681. The lowest BCUT2D eigenvalue weighted by atomic mass is 9.99. The molecule has 0 aliphatic carbocycles. The molecule has 5 nitrogen and oxygen atoms in total. The highest BCUT2D eigenvalue weighted by Crippen LogP contribution is 2.34. The van der Waals surface area contributed by atoms with E-state index in [1.54, 1.807) is 0 Å². The van der Waals surface area contributed by atoms with Crippen molar-refractivity contribution in [2.24, 2.45) is 5.92 Å². The molecule has 1 fully saturated rings. The molecule has 170 valence electrons. The first-order chi connectivity index (χ1) is 15.8. The number of nitrogens with zero attached hydrogens (tertiary/aromatic N) is 4. The van der Waals surface area contributed by atoms with Crippen molar-refractivity contribution < 1.29 is 5.11 Å². The topological polar surface area (TPSA) is 54.2 Å². The molecule has 0 bridgehead atoms. The first kappa shape index (κ1) is 22.7. The zero-order valence-corrected chi connectivity index (χ0v) is 19.2. The van der Waals surface area contributed by atoms with Gasteiger partial charge >= 0.3 is 0 Å². The van der Waals surface area contributed by atoms with Gasteiger partial charge in [0.25, 0.3) is 0 Å². The Morgan fingerprint density at radius 2 is 1.81 bits per heavy atom. The zero-order valence-electron chi connectivity index (χ0n) is 19.2. The molecular formula is C27H36N4O. The van der Waals surface area contributed by atoms with Crippen LogP contribution in [-0.4, -0.2) is 37.9 Å². The number of aliphatic hydroxyl groups excluding tert-OH is 1. The summed E-state index contributed by atoms with van der Waals surface area (Å²) in [5.41, 5.74) is 3.41. The van der Waals surface area contributed by atoms with E-state index in [4.69, 9.17) is 0 Å². The van der Waals surface area contributed by atoms with E-state index in [1.807, 2.05) is 24.5 Å². The Balaban J connectivity index is 1.56. The van der Waals surface area contributed by atoms with Crippen molar-refractivity contribution in [2.75, 3.05) is 13.1 Å². The van der Waals surface area contributed by atoms with E-state index in [0.717, 1.165) is 36.9 Å². The van der Waals surface area contributed by atoms with Gasteiger partial charge in [-0.1, -0.05) is 87.2 Å². The van der Waals surface area contributed by atoms with Crippen LogP contribution in [-0.2, 0) is 13.2 Å². The maximum Gasteiger partial charge on any atom is 0.155 e. The normalized spacial score (nSPS) is 17.6. The second-order valence-electron chi connectivity index (χ2n) is 9.10. The van der Waals surface area contributed by atoms with Crippen molar-refractivity contribution in [1.82, 2.24) is 19.7 Å². The Bertz CT molecular complexity index is 938. The molecule has 1 aliphatic heterocycles. The Morgan fingerprint density at radius 3 is 2.56 bits per heavy atom. The summed E-state index contributed by atoms with van der Waals surface area (Å²) in [6, 6.07) is 18.9. The number of aliphatic hydroxyl groups is 1. The first-order valence-corrected chi connectivity index (χ1v) is 12.1. The Morgan fingerprint density at radius 1 is 1.00 bits per heavy atom. The highest BCUT2D eigenvalue weighted by molar-refractivity contribution is 5.29. The number of benzene rings is 2. The summed E-state index contributed by atoms with van der Waals surface area (Å²) < 4.78 is 2.19. The number of unbranched alkanes of at least 4 members (excludes halogenated alkanes) is 3. The Hall–Kier alpha value is -2.50. The summed E-state index contributed by atoms with van der Waals surface area (Å²) in [6.07, 6.45) is 9.76. The Kier molecular flexibility index (Phi) is 8.07. The summed E-state index contributed by atoms with van der Waals surface area (Å²) in [5.74, 6) is 1.76. The predicted octanol–water partition coefficient (Wildman–Crippen LogP) is 5.20. The van der Waals surface area contributed by atoms with Crippen LogP contribution in [0.1, 0.15) is 74.0 Å². The maximum absolute atomic E-state index is 9.49. The van der Waals surface area contributed by atoms with E-state index in [0.29, 0.717) is 0 Å². The van der Waals surface area contributed by atoms with E-state index >= 15 is 0 Å². The lowest BCUT2D eigenvalue weighted by molar-refractivity contribution is 0.252. The second-order valence-corrected chi connectivity index (χ2v) is 9.10. The standard InChI is InChI=1S/C27H36N4O/c1-2-3-4-6-11-23-16-17-30(18-23)26(25-14-12-24(20-32)13-15-25)27-29-28-21-31(27)19-22-9-7-5-8-10-22/h5,7-10,12-15,21,23,26,32H,2-4,6,11,16-20H2,1H3/t23-,26?/m0/s1. The maximum atomic E-state index is 9.49. The summed E-state index contributed by atoms with van der Waals surface area (Å²) in [5, 5.41) is 18.4. The number of rotatable bonds is 11. The van der Waals surface area contributed by atoms with Gasteiger partial charge < -0.3 is 9.67 Å². The molecule has 32 heavy (non-hydrogen) atoms. The molecule has 1 unspecified atom stereocenters. The highest BCUT2D eigenvalue weighted by atomic mass is 16.3. The fraction of sp³-hybridized carbons (Fsp3) is 0.481. The van der Waals surface area contributed by atoms with Crippen molar-refractivity contribution in [3.05, 3.63) is 83.4 Å². The quantitative estimate of drug-likeness (QED) is 0.423. The lowest BCUT2D eigenvalue weighted by Gasteiger charge is -2.28. The van der Waals surface area contributed by atoms with Crippen LogP contribution in [0.15, 0.2) is 60.9 Å². The monoisotopic (exact) mass is 432 g/mol. The van der Waals surface area contributed by atoms with Crippen LogP contribution in [0.4, 0.5) is 0 Å². The third kappa shape index (κ3) is 5.64. The summed E-state index contributed by atoms with van der Waals surface area (Å²) >= 11 is 0. The van der Waals surface area contributed by atoms with Crippen LogP contribution in [0, 0.1) is 5.92 Å². The molecule has 3 aromatic rings. The van der Waals surface area contributed by atoms with Crippen molar-refractivity contribution in [1.29, 1.82) is 0 Å². The van der Waals surface area contributed by atoms with Crippen LogP contribution >= 0.6 is 0 Å². The number of likely N-dealkylation sites (tertiary alicyclic amines) is 1. The SMILES string of the molecule is CCCCCC[C@H]1CCN(C(c2ccc(CO)cc2)c2nncn2Cc2ccccc2)C1. The fourth-order valence-electron chi connectivity index (χ4n) is 4.90. The zero-order chi connectivity index (χ0) is 22.2. The van der Waals surface area contributed by atoms with Gasteiger partial charge in [-0.2, -0.15) is 0 Å². The van der Waals surface area contributed by atoms with Gasteiger partial charge in [0.1, 0.15) is 6.33 Å². The molecule has 0 saturated carbocycles. The van der Waals surface area contributed by atoms with Crippen molar-refractivity contribution >= 4 is 0 Å². The van der Waals surface area contributed by atoms with Crippen LogP contribution in [0.5, 0.6) is 0 Å². The van der Waals surface area contributed by atoms with E-state index in [9.17, 15) is 5.11 Å². The van der Waals surface area contributed by atoms with Gasteiger partial charge in [-0.15, -0.1) is 10.2 Å². The largest absolute Gasteiger partial charge is 0.392 e. The van der Waals surface area contributed by atoms with Gasteiger partial charge in [0.05, 0.1) is 19.2 Å². The molecule has 4 rings (SSSR count). The van der Waals surface area contributed by atoms with E-state index in [1.165, 1.54) is 49.7 Å². The molecule has 1 aliphatic rings. The van der Waals surface area contributed by atoms with Crippen LogP contribution in [0.2, 0.25) is 0 Å². The molecule has 0 radical (unpaired) electrons. The van der Waals surface area contributed by atoms with E-state index in [-0.39, 0.29) is 12.6 Å². The smallest absolute Gasteiger partial charge is 0.155 e. The molecule has 0 spiro atoms. The van der Waals surface area contributed by atoms with Crippen LogP contribution in [0.3, 0.4) is 0 Å². The number of aromatic nitrogens is 3. The van der Waals surface area contributed by atoms with Crippen molar-refractivity contribution in [3.8, 4) is 0 Å². The van der Waals surface area contributed by atoms with Crippen LogP contribution in [0.25, 0.3) is 0 Å². The average Bonchev–Trinajstić information content (AvgIpc) is 3.48. The third-order valence-corrected chi connectivity index (χ3v) is 6.71. The second kappa shape index (κ2) is 11.4. The summed E-state index contributed by atoms with van der Waals surface area (Å²) in [7, 11) is 0. The van der Waals surface area contributed by atoms with Crippen molar-refractivity contribution in [3.63, 3.8) is 0 Å². The minimum atomic E-state index is 0.0681. The number of hydrogen-bond donors (Lipinski definition) is 1. The average molecular weight is 433 g/mol. The van der Waals surface area contributed by atoms with Gasteiger partial charge in [-0.25, -0.2) is 0 Å². The molecule has 1 N–H and O–H groups in total. The minimum Gasteiger partial charge on any atom is -0.392 e. The molecular weight excluding hydrogens is 396 g/mol. The predicted molar refractivity (Wildman–Crippen MR) is 128 cm³/mol. The summed E-state index contributed by atoms with van der Waals surface area (Å²) in [4.78, 5) is 2.59. The van der Waals surface area contributed by atoms with Gasteiger partial charge in [0, 0.05) is 6.54 Å². The van der Waals surface area contributed by atoms with E-state index in [2.05, 4.69) is 63.0 Å². The summed E-state index contributed by atoms with van der Waals surface area (Å²) in [6.45, 7) is 5.30. The highest BCUT2D eigenvalue weighted by Gasteiger charge is 2.32. The van der Waals surface area contributed by atoms with Crippen molar-refractivity contribution in [2.45, 2.75) is 64.6 Å². The fourth-order valence-corrected chi connectivity index (χ4v) is 4.90. The van der Waals surface area contributed by atoms with Gasteiger partial charge in [0.2, 0.25) is 0 Å². The third-order valence-electron chi connectivity index (χ3n) is 6.71. The molecule has 2 heterocycles.